The number of esters is 2. The Balaban J connectivity index is 2.04. The van der Waals surface area contributed by atoms with Crippen molar-refractivity contribution < 1.29 is 19.1 Å². The summed E-state index contributed by atoms with van der Waals surface area (Å²) in [6.45, 7) is 4.91. The van der Waals surface area contributed by atoms with Gasteiger partial charge in [0.25, 0.3) is 0 Å². The van der Waals surface area contributed by atoms with Gasteiger partial charge in [0.2, 0.25) is 0 Å². The maximum Gasteiger partial charge on any atom is 0.356 e. The second kappa shape index (κ2) is 17.9. The minimum atomic E-state index is -0.511. The van der Waals surface area contributed by atoms with Crippen molar-refractivity contribution in [2.75, 3.05) is 13.2 Å². The molecule has 0 N–H and O–H groups in total. The van der Waals surface area contributed by atoms with Crippen molar-refractivity contribution in [1.82, 2.24) is 4.98 Å². The number of aromatic nitrogens is 1. The molecule has 30 heavy (non-hydrogen) atoms. The van der Waals surface area contributed by atoms with E-state index in [0.717, 1.165) is 19.3 Å². The monoisotopic (exact) mass is 419 g/mol. The van der Waals surface area contributed by atoms with E-state index in [0.29, 0.717) is 13.2 Å². The van der Waals surface area contributed by atoms with Gasteiger partial charge in [0.15, 0.2) is 0 Å². The van der Waals surface area contributed by atoms with Gasteiger partial charge in [-0.1, -0.05) is 97.0 Å². The van der Waals surface area contributed by atoms with Gasteiger partial charge in [-0.15, -0.1) is 0 Å². The van der Waals surface area contributed by atoms with Gasteiger partial charge in [-0.05, 0) is 25.0 Å². The van der Waals surface area contributed by atoms with E-state index in [1.54, 1.807) is 18.2 Å². The van der Waals surface area contributed by atoms with Gasteiger partial charge in [0.1, 0.15) is 11.4 Å². The van der Waals surface area contributed by atoms with E-state index in [1.165, 1.54) is 70.6 Å². The molecule has 0 aliphatic carbocycles. The molecule has 1 heterocycles. The lowest BCUT2D eigenvalue weighted by atomic mass is 10.0. The quantitative estimate of drug-likeness (QED) is 0.191. The Morgan fingerprint density at radius 1 is 0.633 bits per heavy atom. The topological polar surface area (TPSA) is 65.5 Å². The number of ether oxygens (including phenoxy) is 2. The van der Waals surface area contributed by atoms with E-state index in [-0.39, 0.29) is 11.4 Å². The second-order valence-corrected chi connectivity index (χ2v) is 7.92. The van der Waals surface area contributed by atoms with Crippen LogP contribution >= 0.6 is 0 Å². The number of rotatable bonds is 18. The van der Waals surface area contributed by atoms with Crippen molar-refractivity contribution in [3.8, 4) is 0 Å². The van der Waals surface area contributed by atoms with Gasteiger partial charge in [0, 0.05) is 0 Å². The van der Waals surface area contributed by atoms with Crippen LogP contribution in [0.5, 0.6) is 0 Å². The Kier molecular flexibility index (Phi) is 15.6. The van der Waals surface area contributed by atoms with Crippen molar-refractivity contribution in [3.63, 3.8) is 0 Å². The second-order valence-electron chi connectivity index (χ2n) is 7.92. The average Bonchev–Trinajstić information content (AvgIpc) is 2.77. The molecule has 0 radical (unpaired) electrons. The number of carbonyl (C=O) groups is 2. The predicted octanol–water partition coefficient (Wildman–Crippen LogP) is 6.90. The lowest BCUT2D eigenvalue weighted by Crippen LogP contribution is -2.13. The first-order chi connectivity index (χ1) is 14.7. The van der Waals surface area contributed by atoms with Gasteiger partial charge in [0.05, 0.1) is 13.2 Å². The van der Waals surface area contributed by atoms with E-state index < -0.39 is 11.9 Å². The predicted molar refractivity (Wildman–Crippen MR) is 121 cm³/mol. The highest BCUT2D eigenvalue weighted by Crippen LogP contribution is 2.12. The highest BCUT2D eigenvalue weighted by Gasteiger charge is 2.14. The van der Waals surface area contributed by atoms with Crippen molar-refractivity contribution in [3.05, 3.63) is 29.6 Å². The number of unbranched alkanes of at least 4 members (excludes halogenated alkanes) is 12. The number of carbonyl (C=O) groups excluding carboxylic acids is 2. The smallest absolute Gasteiger partial charge is 0.356 e. The summed E-state index contributed by atoms with van der Waals surface area (Å²) in [5, 5.41) is 0. The summed E-state index contributed by atoms with van der Waals surface area (Å²) in [4.78, 5) is 28.0. The fraction of sp³-hybridized carbons (Fsp3) is 0.720. The summed E-state index contributed by atoms with van der Waals surface area (Å²) in [6, 6.07) is 4.72. The van der Waals surface area contributed by atoms with Crippen LogP contribution in [-0.2, 0) is 9.47 Å². The van der Waals surface area contributed by atoms with Crippen LogP contribution in [0, 0.1) is 0 Å². The first kappa shape index (κ1) is 26.1. The number of hydrogen-bond donors (Lipinski definition) is 0. The first-order valence-corrected chi connectivity index (χ1v) is 12.0. The fourth-order valence-corrected chi connectivity index (χ4v) is 3.29. The highest BCUT2D eigenvalue weighted by atomic mass is 16.5. The Labute approximate surface area is 183 Å². The molecule has 1 aromatic heterocycles. The van der Waals surface area contributed by atoms with Crippen LogP contribution in [0.25, 0.3) is 0 Å². The standard InChI is InChI=1S/C25H41NO4/c1-3-5-6-7-8-9-10-11-12-13-14-15-16-21-30-25(28)23-19-17-18-22(26-23)24(27)29-20-4-2/h17-19H,3-16,20-21H2,1-2H3. The summed E-state index contributed by atoms with van der Waals surface area (Å²) >= 11 is 0. The molecular weight excluding hydrogens is 378 g/mol. The molecule has 0 atom stereocenters. The van der Waals surface area contributed by atoms with E-state index >= 15 is 0 Å². The number of hydrogen-bond acceptors (Lipinski definition) is 5. The van der Waals surface area contributed by atoms with Crippen molar-refractivity contribution in [2.45, 2.75) is 104 Å². The lowest BCUT2D eigenvalue weighted by Gasteiger charge is -2.06. The molecule has 1 aromatic rings. The van der Waals surface area contributed by atoms with Gasteiger partial charge in [-0.25, -0.2) is 14.6 Å². The Morgan fingerprint density at radius 2 is 1.07 bits per heavy atom. The van der Waals surface area contributed by atoms with Crippen molar-refractivity contribution in [1.29, 1.82) is 0 Å². The molecule has 1 rings (SSSR count). The summed E-state index contributed by atoms with van der Waals surface area (Å²) < 4.78 is 10.3. The third-order valence-corrected chi connectivity index (χ3v) is 5.09. The molecule has 0 aromatic carbocycles. The molecule has 0 bridgehead atoms. The van der Waals surface area contributed by atoms with Crippen molar-refractivity contribution in [2.24, 2.45) is 0 Å². The Hall–Kier alpha value is -1.91. The minimum absolute atomic E-state index is 0.138. The largest absolute Gasteiger partial charge is 0.461 e. The molecule has 0 saturated carbocycles. The Bertz CT molecular complexity index is 588. The highest BCUT2D eigenvalue weighted by molar-refractivity contribution is 5.91. The summed E-state index contributed by atoms with van der Waals surface area (Å²) in [5.74, 6) is -0.998. The van der Waals surface area contributed by atoms with Crippen LogP contribution in [-0.4, -0.2) is 30.1 Å². The molecule has 0 saturated heterocycles. The molecule has 0 spiro atoms. The Morgan fingerprint density at radius 3 is 1.53 bits per heavy atom. The summed E-state index contributed by atoms with van der Waals surface area (Å²) in [6.07, 6.45) is 17.4. The number of pyridine rings is 1. The lowest BCUT2D eigenvalue weighted by molar-refractivity contribution is 0.0485. The van der Waals surface area contributed by atoms with Crippen LogP contribution in [0.4, 0.5) is 0 Å². The SMILES string of the molecule is CCCCCCCCCCCCCCCOC(=O)c1cccc(C(=O)OCCC)n1. The van der Waals surface area contributed by atoms with E-state index in [9.17, 15) is 9.59 Å². The molecule has 5 heteroatoms. The van der Waals surface area contributed by atoms with Gasteiger partial charge < -0.3 is 9.47 Å². The summed E-state index contributed by atoms with van der Waals surface area (Å²) in [5.41, 5.74) is 0.287. The van der Waals surface area contributed by atoms with Crippen LogP contribution in [0.15, 0.2) is 18.2 Å². The normalized spacial score (nSPS) is 10.7. The van der Waals surface area contributed by atoms with E-state index in [1.807, 2.05) is 6.92 Å². The van der Waals surface area contributed by atoms with Crippen LogP contribution in [0.3, 0.4) is 0 Å². The van der Waals surface area contributed by atoms with Crippen LogP contribution in [0.2, 0.25) is 0 Å². The maximum atomic E-state index is 12.1. The van der Waals surface area contributed by atoms with Gasteiger partial charge >= 0.3 is 11.9 Å². The van der Waals surface area contributed by atoms with Gasteiger partial charge in [-0.2, -0.15) is 0 Å². The van der Waals surface area contributed by atoms with Crippen molar-refractivity contribution >= 4 is 11.9 Å². The zero-order valence-electron chi connectivity index (χ0n) is 19.1. The third-order valence-electron chi connectivity index (χ3n) is 5.09. The molecule has 0 amide bonds. The van der Waals surface area contributed by atoms with E-state index in [2.05, 4.69) is 11.9 Å². The molecule has 0 unspecified atom stereocenters. The fourth-order valence-electron chi connectivity index (χ4n) is 3.29. The third kappa shape index (κ3) is 12.6. The van der Waals surface area contributed by atoms with Crippen LogP contribution in [0.1, 0.15) is 125 Å². The first-order valence-electron chi connectivity index (χ1n) is 12.0. The molecule has 0 aliphatic heterocycles. The molecular formula is C25H41NO4. The van der Waals surface area contributed by atoms with Crippen LogP contribution < -0.4 is 0 Å². The van der Waals surface area contributed by atoms with E-state index in [4.69, 9.17) is 9.47 Å². The molecule has 0 fully saturated rings. The minimum Gasteiger partial charge on any atom is -0.461 e. The average molecular weight is 420 g/mol. The summed E-state index contributed by atoms with van der Waals surface area (Å²) in [7, 11) is 0. The zero-order chi connectivity index (χ0) is 21.9. The molecule has 170 valence electrons. The zero-order valence-corrected chi connectivity index (χ0v) is 19.1. The molecule has 0 aliphatic rings. The van der Waals surface area contributed by atoms with Gasteiger partial charge in [-0.3, -0.25) is 0 Å². The maximum absolute atomic E-state index is 12.1. The molecule has 5 nitrogen and oxygen atoms in total. The number of nitrogens with zero attached hydrogens (tertiary/aromatic N) is 1.